The number of piperidine rings is 1. The number of hydrogen-bond acceptors (Lipinski definition) is 5. The lowest BCUT2D eigenvalue weighted by molar-refractivity contribution is -0.175. The number of ether oxygens (including phenoxy) is 2. The summed E-state index contributed by atoms with van der Waals surface area (Å²) in [6, 6.07) is 3.72. The van der Waals surface area contributed by atoms with Gasteiger partial charge in [0.2, 0.25) is 0 Å². The number of fused-ring (bicyclic) bond motifs is 2. The summed E-state index contributed by atoms with van der Waals surface area (Å²) < 4.78 is 26.8. The molecule has 7 heteroatoms. The first-order valence-corrected chi connectivity index (χ1v) is 10.3. The Labute approximate surface area is 165 Å². The van der Waals surface area contributed by atoms with E-state index in [1.807, 2.05) is 6.07 Å². The monoisotopic (exact) mass is 391 g/mol. The number of nitrogens with two attached hydrogens (primary N) is 1. The number of likely N-dealkylation sites (tertiary alicyclic amines) is 1. The van der Waals surface area contributed by atoms with Gasteiger partial charge in [-0.05, 0) is 30.5 Å². The molecule has 3 heterocycles. The van der Waals surface area contributed by atoms with Crippen LogP contribution < -0.4 is 5.73 Å². The summed E-state index contributed by atoms with van der Waals surface area (Å²) in [5, 5.41) is 0. The number of halogens is 1. The molecule has 1 saturated carbocycles. The van der Waals surface area contributed by atoms with E-state index >= 15 is 4.39 Å². The average molecular weight is 391 g/mol. The molecule has 28 heavy (non-hydrogen) atoms. The van der Waals surface area contributed by atoms with Gasteiger partial charge in [-0.15, -0.1) is 0 Å². The number of primary amides is 1. The summed E-state index contributed by atoms with van der Waals surface area (Å²) in [4.78, 5) is 18.0. The molecule has 1 aliphatic carbocycles. The van der Waals surface area contributed by atoms with Crippen LogP contribution in [-0.4, -0.2) is 61.4 Å². The fraction of sp³-hybridized carbons (Fsp3) is 0.714. The van der Waals surface area contributed by atoms with E-state index < -0.39 is 17.2 Å². The van der Waals surface area contributed by atoms with E-state index in [4.69, 9.17) is 15.2 Å². The van der Waals surface area contributed by atoms with Crippen molar-refractivity contribution in [3.05, 3.63) is 29.6 Å². The van der Waals surface area contributed by atoms with Crippen LogP contribution in [0.4, 0.5) is 4.39 Å². The number of nitrogens with zero attached hydrogens (tertiary/aromatic N) is 2. The number of methoxy groups -OCH3 is 1. The van der Waals surface area contributed by atoms with Gasteiger partial charge in [0.05, 0.1) is 0 Å². The molecule has 0 spiro atoms. The van der Waals surface area contributed by atoms with Gasteiger partial charge in [-0.3, -0.25) is 14.7 Å². The minimum atomic E-state index is -1.16. The summed E-state index contributed by atoms with van der Waals surface area (Å²) in [6.07, 6.45) is 5.78. The highest BCUT2D eigenvalue weighted by Gasteiger charge is 2.54. The zero-order valence-corrected chi connectivity index (χ0v) is 16.5. The molecule has 1 amide bonds. The maximum Gasteiger partial charge on any atom is 0.267 e. The lowest BCUT2D eigenvalue weighted by Crippen LogP contribution is -2.61. The molecule has 3 fully saturated rings. The number of aromatic nitrogens is 1. The zero-order valence-electron chi connectivity index (χ0n) is 16.5. The molecule has 1 aromatic heterocycles. The van der Waals surface area contributed by atoms with E-state index in [9.17, 15) is 4.79 Å². The van der Waals surface area contributed by atoms with Crippen molar-refractivity contribution in [2.24, 2.45) is 17.6 Å². The molecule has 2 unspecified atom stereocenters. The van der Waals surface area contributed by atoms with E-state index in [0.29, 0.717) is 32.6 Å². The van der Waals surface area contributed by atoms with Crippen molar-refractivity contribution in [3.63, 3.8) is 0 Å². The van der Waals surface area contributed by atoms with Crippen molar-refractivity contribution >= 4 is 5.91 Å². The van der Waals surface area contributed by atoms with Gasteiger partial charge >= 0.3 is 0 Å². The highest BCUT2D eigenvalue weighted by molar-refractivity contribution is 5.90. The lowest BCUT2D eigenvalue weighted by atomic mass is 9.62. The molecule has 2 bridgehead atoms. The highest BCUT2D eigenvalue weighted by Crippen LogP contribution is 2.51. The maximum absolute atomic E-state index is 15.3. The fourth-order valence-electron chi connectivity index (χ4n) is 5.68. The van der Waals surface area contributed by atoms with Crippen LogP contribution in [0.3, 0.4) is 0 Å². The van der Waals surface area contributed by atoms with Gasteiger partial charge in [0.25, 0.3) is 5.91 Å². The smallest absolute Gasteiger partial charge is 0.267 e. The minimum Gasteiger partial charge on any atom is -0.381 e. The van der Waals surface area contributed by atoms with Crippen LogP contribution in [0.1, 0.15) is 48.2 Å². The van der Waals surface area contributed by atoms with Crippen LogP contribution in [0.15, 0.2) is 18.3 Å². The highest BCUT2D eigenvalue weighted by atomic mass is 19.1. The van der Waals surface area contributed by atoms with Crippen molar-refractivity contribution < 1.29 is 18.7 Å². The second kappa shape index (κ2) is 7.69. The van der Waals surface area contributed by atoms with E-state index in [1.54, 1.807) is 19.4 Å². The van der Waals surface area contributed by atoms with Crippen LogP contribution >= 0.6 is 0 Å². The van der Waals surface area contributed by atoms with Crippen molar-refractivity contribution in [1.82, 2.24) is 9.88 Å². The molecule has 154 valence electrons. The Morgan fingerprint density at radius 2 is 2.04 bits per heavy atom. The first-order valence-electron chi connectivity index (χ1n) is 10.3. The standard InChI is InChI=1S/C21H30FN3O3/c1-27-21(15-5-8-24-18(11-15)19(23)26)16-3-2-4-17(21)13-25(12-16)14-20(22)6-9-28-10-7-20/h5,8,11,16-17H,2-4,6-7,9-10,12-14H2,1H3,(H2,23,26). The van der Waals surface area contributed by atoms with Crippen molar-refractivity contribution in [2.45, 2.75) is 43.4 Å². The Bertz CT molecular complexity index is 709. The third-order valence-electron chi connectivity index (χ3n) is 6.97. The molecule has 0 radical (unpaired) electrons. The van der Waals surface area contributed by atoms with Gasteiger partial charge in [0, 0.05) is 70.8 Å². The van der Waals surface area contributed by atoms with Gasteiger partial charge < -0.3 is 15.2 Å². The largest absolute Gasteiger partial charge is 0.381 e. The van der Waals surface area contributed by atoms with Gasteiger partial charge in [0.1, 0.15) is 17.0 Å². The molecule has 2 saturated heterocycles. The lowest BCUT2D eigenvalue weighted by Gasteiger charge is -2.56. The third-order valence-corrected chi connectivity index (χ3v) is 6.97. The van der Waals surface area contributed by atoms with E-state index in [2.05, 4.69) is 9.88 Å². The molecule has 2 aliphatic heterocycles. The number of carbonyl (C=O) groups is 1. The summed E-state index contributed by atoms with van der Waals surface area (Å²) in [7, 11) is 1.75. The number of alkyl halides is 1. The average Bonchev–Trinajstić information content (AvgIpc) is 2.67. The molecule has 2 atom stereocenters. The predicted molar refractivity (Wildman–Crippen MR) is 103 cm³/mol. The second-order valence-electron chi connectivity index (χ2n) is 8.57. The van der Waals surface area contributed by atoms with Crippen molar-refractivity contribution in [1.29, 1.82) is 0 Å². The number of carbonyl (C=O) groups excluding carboxylic acids is 1. The first-order chi connectivity index (χ1) is 13.5. The van der Waals surface area contributed by atoms with Gasteiger partial charge in [-0.1, -0.05) is 6.42 Å². The number of rotatable bonds is 5. The molecule has 6 nitrogen and oxygen atoms in total. The SMILES string of the molecule is COC1(c2ccnc(C(N)=O)c2)C2CCCC1CN(CC1(F)CCOCC1)C2. The fourth-order valence-corrected chi connectivity index (χ4v) is 5.68. The van der Waals surface area contributed by atoms with Crippen molar-refractivity contribution in [3.8, 4) is 0 Å². The van der Waals surface area contributed by atoms with Gasteiger partial charge in [-0.2, -0.15) is 0 Å². The Morgan fingerprint density at radius 1 is 1.36 bits per heavy atom. The van der Waals surface area contributed by atoms with Crippen LogP contribution in [0.2, 0.25) is 0 Å². The van der Waals surface area contributed by atoms with Crippen LogP contribution in [0.5, 0.6) is 0 Å². The summed E-state index contributed by atoms with van der Waals surface area (Å²) in [5.41, 5.74) is 5.05. The third kappa shape index (κ3) is 3.44. The van der Waals surface area contributed by atoms with Crippen LogP contribution in [0.25, 0.3) is 0 Å². The summed E-state index contributed by atoms with van der Waals surface area (Å²) in [6.45, 7) is 3.07. The normalized spacial score (nSPS) is 32.8. The summed E-state index contributed by atoms with van der Waals surface area (Å²) in [5.74, 6) is -0.0391. The quantitative estimate of drug-likeness (QED) is 0.833. The number of hydrogen-bond donors (Lipinski definition) is 1. The zero-order chi connectivity index (χ0) is 19.8. The Hall–Kier alpha value is -1.57. The maximum atomic E-state index is 15.3. The van der Waals surface area contributed by atoms with Gasteiger partial charge in [0.15, 0.2) is 0 Å². The second-order valence-corrected chi connectivity index (χ2v) is 8.57. The summed E-state index contributed by atoms with van der Waals surface area (Å²) >= 11 is 0. The topological polar surface area (TPSA) is 77.7 Å². The number of pyridine rings is 1. The van der Waals surface area contributed by atoms with E-state index in [0.717, 1.165) is 37.9 Å². The Balaban J connectivity index is 1.60. The minimum absolute atomic E-state index is 0.247. The molecular formula is C21H30FN3O3. The molecule has 1 aromatic rings. The first kappa shape index (κ1) is 19.7. The predicted octanol–water partition coefficient (Wildman–Crippen LogP) is 2.27. The van der Waals surface area contributed by atoms with E-state index in [-0.39, 0.29) is 17.5 Å². The van der Waals surface area contributed by atoms with Gasteiger partial charge in [-0.25, -0.2) is 4.39 Å². The van der Waals surface area contributed by atoms with E-state index in [1.165, 1.54) is 0 Å². The Morgan fingerprint density at radius 3 is 2.64 bits per heavy atom. The molecule has 4 rings (SSSR count). The van der Waals surface area contributed by atoms with Crippen LogP contribution in [0, 0.1) is 11.8 Å². The number of amides is 1. The molecular weight excluding hydrogens is 361 g/mol. The Kier molecular flexibility index (Phi) is 5.42. The van der Waals surface area contributed by atoms with Crippen molar-refractivity contribution in [2.75, 3.05) is 40.0 Å². The molecule has 3 aliphatic rings. The molecule has 2 N–H and O–H groups in total. The van der Waals surface area contributed by atoms with Crippen LogP contribution in [-0.2, 0) is 15.1 Å². The molecule has 0 aromatic carbocycles.